The largest absolute Gasteiger partial charge is 0.465 e. The Balaban J connectivity index is 1.82. The summed E-state index contributed by atoms with van der Waals surface area (Å²) in [5, 5.41) is 12.8. The van der Waals surface area contributed by atoms with Gasteiger partial charge in [0, 0.05) is 25.6 Å². The number of carbonyl (C=O) groups excluding carboxylic acids is 1. The van der Waals surface area contributed by atoms with E-state index in [1.165, 1.54) is 12.3 Å². The van der Waals surface area contributed by atoms with E-state index >= 15 is 0 Å². The predicted molar refractivity (Wildman–Crippen MR) is 65.7 cm³/mol. The molecule has 18 heavy (non-hydrogen) atoms. The van der Waals surface area contributed by atoms with E-state index in [2.05, 4.69) is 5.32 Å². The van der Waals surface area contributed by atoms with Gasteiger partial charge in [-0.1, -0.05) is 0 Å². The summed E-state index contributed by atoms with van der Waals surface area (Å²) in [6.07, 6.45) is 4.78. The monoisotopic (exact) mass is 251 g/mol. The smallest absolute Gasteiger partial charge is 0.244 e. The lowest BCUT2D eigenvalue weighted by atomic mass is 9.97. The number of hydrogen-bond donors (Lipinski definition) is 2. The molecule has 2 N–H and O–H groups in total. The van der Waals surface area contributed by atoms with E-state index in [0.717, 1.165) is 0 Å². The highest BCUT2D eigenvalue weighted by molar-refractivity contribution is 5.91. The van der Waals surface area contributed by atoms with Crippen LogP contribution in [0.5, 0.6) is 0 Å². The zero-order chi connectivity index (χ0) is 13.0. The predicted octanol–water partition coefficient (Wildman–Crippen LogP) is 0.949. The molecular formula is C13H17NO4. The fraction of sp³-hybridized carbons (Fsp3) is 0.462. The molecule has 1 fully saturated rings. The Labute approximate surface area is 105 Å². The van der Waals surface area contributed by atoms with Gasteiger partial charge in [-0.15, -0.1) is 0 Å². The van der Waals surface area contributed by atoms with Crippen molar-refractivity contribution in [3.8, 4) is 0 Å². The second kappa shape index (κ2) is 5.37. The molecule has 1 aromatic rings. The Bertz CT molecular complexity index is 426. The molecule has 5 heteroatoms. The van der Waals surface area contributed by atoms with Crippen LogP contribution in [-0.4, -0.2) is 35.9 Å². The molecule has 1 saturated heterocycles. The molecule has 0 aliphatic carbocycles. The zero-order valence-electron chi connectivity index (χ0n) is 10.3. The summed E-state index contributed by atoms with van der Waals surface area (Å²) in [6, 6.07) is 3.50. The van der Waals surface area contributed by atoms with Crippen molar-refractivity contribution in [3.05, 3.63) is 30.2 Å². The summed E-state index contributed by atoms with van der Waals surface area (Å²) in [5.74, 6) is 0.348. The Hall–Kier alpha value is -1.59. The third-order valence-electron chi connectivity index (χ3n) is 3.17. The SMILES string of the molecule is CC1OCCC1(O)CNC(=O)/C=C/c1ccco1. The number of amides is 1. The molecule has 0 spiro atoms. The van der Waals surface area contributed by atoms with Crippen molar-refractivity contribution in [2.45, 2.75) is 25.0 Å². The van der Waals surface area contributed by atoms with Gasteiger partial charge in [-0.2, -0.15) is 0 Å². The Morgan fingerprint density at radius 3 is 3.17 bits per heavy atom. The zero-order valence-corrected chi connectivity index (χ0v) is 10.3. The Morgan fingerprint density at radius 1 is 1.72 bits per heavy atom. The molecule has 1 aliphatic rings. The molecule has 2 unspecified atom stereocenters. The fourth-order valence-electron chi connectivity index (χ4n) is 1.85. The summed E-state index contributed by atoms with van der Waals surface area (Å²) < 4.78 is 10.3. The van der Waals surface area contributed by atoms with Gasteiger partial charge in [0.25, 0.3) is 0 Å². The molecule has 0 saturated carbocycles. The van der Waals surface area contributed by atoms with Crippen LogP contribution >= 0.6 is 0 Å². The minimum Gasteiger partial charge on any atom is -0.465 e. The maximum absolute atomic E-state index is 11.6. The molecule has 1 amide bonds. The number of furan rings is 1. The molecular weight excluding hydrogens is 234 g/mol. The number of nitrogens with one attached hydrogen (secondary N) is 1. The van der Waals surface area contributed by atoms with Crippen LogP contribution < -0.4 is 5.32 Å². The lowest BCUT2D eigenvalue weighted by Crippen LogP contribution is -2.47. The maximum Gasteiger partial charge on any atom is 0.244 e. The minimum absolute atomic E-state index is 0.190. The first-order valence-electron chi connectivity index (χ1n) is 5.93. The highest BCUT2D eigenvalue weighted by Gasteiger charge is 2.39. The van der Waals surface area contributed by atoms with Crippen LogP contribution in [0.2, 0.25) is 0 Å². The van der Waals surface area contributed by atoms with Gasteiger partial charge in [-0.25, -0.2) is 0 Å². The van der Waals surface area contributed by atoms with Crippen LogP contribution in [0.3, 0.4) is 0 Å². The summed E-state index contributed by atoms with van der Waals surface area (Å²) in [6.45, 7) is 2.52. The number of hydrogen-bond acceptors (Lipinski definition) is 4. The van der Waals surface area contributed by atoms with E-state index in [0.29, 0.717) is 18.8 Å². The standard InChI is InChI=1S/C13H17NO4/c1-10-13(16,6-8-17-10)9-14-12(15)5-4-11-3-2-7-18-11/h2-5,7,10,16H,6,8-9H2,1H3,(H,14,15)/b5-4+. The molecule has 2 rings (SSSR count). The van der Waals surface area contributed by atoms with Crippen LogP contribution in [0.4, 0.5) is 0 Å². The number of carbonyl (C=O) groups is 1. The third kappa shape index (κ3) is 3.00. The number of aliphatic hydroxyl groups is 1. The number of rotatable bonds is 4. The quantitative estimate of drug-likeness (QED) is 0.781. The van der Waals surface area contributed by atoms with E-state index in [1.54, 1.807) is 25.1 Å². The van der Waals surface area contributed by atoms with E-state index < -0.39 is 5.60 Å². The Kier molecular flexibility index (Phi) is 3.84. The lowest BCUT2D eigenvalue weighted by molar-refractivity contribution is -0.118. The topological polar surface area (TPSA) is 71.7 Å². The second-order valence-electron chi connectivity index (χ2n) is 4.43. The van der Waals surface area contributed by atoms with E-state index in [1.807, 2.05) is 0 Å². The van der Waals surface area contributed by atoms with Crippen molar-refractivity contribution in [2.24, 2.45) is 0 Å². The average Bonchev–Trinajstić information content (AvgIpc) is 2.96. The van der Waals surface area contributed by atoms with E-state index in [9.17, 15) is 9.90 Å². The van der Waals surface area contributed by atoms with Gasteiger partial charge >= 0.3 is 0 Å². The number of ether oxygens (including phenoxy) is 1. The van der Waals surface area contributed by atoms with Gasteiger partial charge in [0.05, 0.1) is 12.4 Å². The van der Waals surface area contributed by atoms with Crippen LogP contribution in [0, 0.1) is 0 Å². The van der Waals surface area contributed by atoms with Gasteiger partial charge in [0.1, 0.15) is 11.4 Å². The van der Waals surface area contributed by atoms with Crippen LogP contribution in [0.1, 0.15) is 19.1 Å². The van der Waals surface area contributed by atoms with Crippen molar-refractivity contribution in [2.75, 3.05) is 13.2 Å². The normalized spacial score (nSPS) is 27.8. The van der Waals surface area contributed by atoms with Crippen LogP contribution in [0.15, 0.2) is 28.9 Å². The van der Waals surface area contributed by atoms with Crippen molar-refractivity contribution in [3.63, 3.8) is 0 Å². The van der Waals surface area contributed by atoms with Crippen molar-refractivity contribution in [1.82, 2.24) is 5.32 Å². The van der Waals surface area contributed by atoms with Crippen molar-refractivity contribution >= 4 is 12.0 Å². The lowest BCUT2D eigenvalue weighted by Gasteiger charge is -2.25. The summed E-state index contributed by atoms with van der Waals surface area (Å²) in [4.78, 5) is 11.6. The molecule has 2 atom stereocenters. The minimum atomic E-state index is -0.964. The van der Waals surface area contributed by atoms with Gasteiger partial charge < -0.3 is 19.6 Å². The molecule has 1 aromatic heterocycles. The van der Waals surface area contributed by atoms with E-state index in [4.69, 9.17) is 9.15 Å². The van der Waals surface area contributed by atoms with Crippen LogP contribution in [-0.2, 0) is 9.53 Å². The molecule has 98 valence electrons. The molecule has 0 radical (unpaired) electrons. The van der Waals surface area contributed by atoms with Gasteiger partial charge in [-0.05, 0) is 25.1 Å². The second-order valence-corrected chi connectivity index (χ2v) is 4.43. The fourth-order valence-corrected chi connectivity index (χ4v) is 1.85. The van der Waals surface area contributed by atoms with Crippen molar-refractivity contribution < 1.29 is 19.1 Å². The molecule has 5 nitrogen and oxygen atoms in total. The van der Waals surface area contributed by atoms with Gasteiger partial charge in [-0.3, -0.25) is 4.79 Å². The third-order valence-corrected chi connectivity index (χ3v) is 3.17. The first-order chi connectivity index (χ1) is 8.60. The summed E-state index contributed by atoms with van der Waals surface area (Å²) >= 11 is 0. The summed E-state index contributed by atoms with van der Waals surface area (Å²) in [7, 11) is 0. The highest BCUT2D eigenvalue weighted by Crippen LogP contribution is 2.24. The molecule has 0 aromatic carbocycles. The Morgan fingerprint density at radius 2 is 2.56 bits per heavy atom. The molecule has 1 aliphatic heterocycles. The van der Waals surface area contributed by atoms with Crippen LogP contribution in [0.25, 0.3) is 6.08 Å². The van der Waals surface area contributed by atoms with Crippen molar-refractivity contribution in [1.29, 1.82) is 0 Å². The highest BCUT2D eigenvalue weighted by atomic mass is 16.5. The van der Waals surface area contributed by atoms with E-state index in [-0.39, 0.29) is 18.6 Å². The maximum atomic E-state index is 11.6. The first kappa shape index (κ1) is 12.9. The molecule has 0 bridgehead atoms. The van der Waals surface area contributed by atoms with Gasteiger partial charge in [0.15, 0.2) is 0 Å². The average molecular weight is 251 g/mol. The first-order valence-corrected chi connectivity index (χ1v) is 5.93. The van der Waals surface area contributed by atoms with Gasteiger partial charge in [0.2, 0.25) is 5.91 Å². The summed E-state index contributed by atoms with van der Waals surface area (Å²) in [5.41, 5.74) is -0.964. The molecule has 2 heterocycles.